The highest BCUT2D eigenvalue weighted by atomic mass is 19.1. The maximum absolute atomic E-state index is 12.9. The second-order valence-electron chi connectivity index (χ2n) is 4.19. The first-order chi connectivity index (χ1) is 8.75. The van der Waals surface area contributed by atoms with Crippen LogP contribution in [0.3, 0.4) is 0 Å². The van der Waals surface area contributed by atoms with Crippen LogP contribution < -0.4 is 5.32 Å². The molecule has 1 aromatic heterocycles. The highest BCUT2D eigenvalue weighted by molar-refractivity contribution is 5.26. The minimum Gasteiger partial charge on any atom is -0.311 e. The topological polar surface area (TPSA) is 37.8 Å². The number of benzene rings is 1. The van der Waals surface area contributed by atoms with Crippen molar-refractivity contribution in [2.75, 3.05) is 6.54 Å². The van der Waals surface area contributed by atoms with E-state index in [1.165, 1.54) is 11.6 Å². The Hall–Kier alpha value is -1.81. The maximum Gasteiger partial charge on any atom is 0.123 e. The van der Waals surface area contributed by atoms with Crippen LogP contribution in [0.2, 0.25) is 0 Å². The molecule has 1 aromatic carbocycles. The summed E-state index contributed by atoms with van der Waals surface area (Å²) >= 11 is 0. The monoisotopic (exact) mass is 245 g/mol. The van der Waals surface area contributed by atoms with Gasteiger partial charge in [-0.2, -0.15) is 0 Å². The first-order valence-electron chi connectivity index (χ1n) is 5.96. The molecule has 2 aromatic rings. The number of hydrogen-bond donors (Lipinski definition) is 1. The summed E-state index contributed by atoms with van der Waals surface area (Å²) in [4.78, 5) is 8.18. The molecule has 94 valence electrons. The zero-order valence-corrected chi connectivity index (χ0v) is 10.4. The van der Waals surface area contributed by atoms with Gasteiger partial charge in [0.15, 0.2) is 0 Å². The number of aryl methyl sites for hydroxylation is 1. The molecule has 4 heteroatoms. The number of hydrogen-bond acceptors (Lipinski definition) is 3. The summed E-state index contributed by atoms with van der Waals surface area (Å²) in [5.41, 5.74) is 3.09. The van der Waals surface area contributed by atoms with Crippen molar-refractivity contribution in [2.45, 2.75) is 19.9 Å². The maximum atomic E-state index is 12.9. The SMILES string of the molecule is Cc1cc(F)ccc1CCNCc1cnccn1. The van der Waals surface area contributed by atoms with Crippen LogP contribution in [-0.2, 0) is 13.0 Å². The van der Waals surface area contributed by atoms with Crippen LogP contribution in [0.5, 0.6) is 0 Å². The van der Waals surface area contributed by atoms with Crippen molar-refractivity contribution in [3.63, 3.8) is 0 Å². The summed E-state index contributed by atoms with van der Waals surface area (Å²) in [7, 11) is 0. The van der Waals surface area contributed by atoms with Gasteiger partial charge in [0.2, 0.25) is 0 Å². The Morgan fingerprint density at radius 2 is 2.17 bits per heavy atom. The van der Waals surface area contributed by atoms with Gasteiger partial charge in [-0.05, 0) is 43.1 Å². The fourth-order valence-corrected chi connectivity index (χ4v) is 1.80. The van der Waals surface area contributed by atoms with Gasteiger partial charge in [-0.3, -0.25) is 9.97 Å². The lowest BCUT2D eigenvalue weighted by Crippen LogP contribution is -2.17. The van der Waals surface area contributed by atoms with Crippen molar-refractivity contribution in [3.8, 4) is 0 Å². The van der Waals surface area contributed by atoms with Gasteiger partial charge in [-0.25, -0.2) is 4.39 Å². The van der Waals surface area contributed by atoms with E-state index in [2.05, 4.69) is 15.3 Å². The van der Waals surface area contributed by atoms with Gasteiger partial charge in [-0.1, -0.05) is 6.07 Å². The van der Waals surface area contributed by atoms with E-state index in [9.17, 15) is 4.39 Å². The van der Waals surface area contributed by atoms with Crippen LogP contribution in [0.15, 0.2) is 36.8 Å². The van der Waals surface area contributed by atoms with Gasteiger partial charge in [0.25, 0.3) is 0 Å². The van der Waals surface area contributed by atoms with E-state index in [4.69, 9.17) is 0 Å². The first kappa shape index (κ1) is 12.6. The smallest absolute Gasteiger partial charge is 0.123 e. The Morgan fingerprint density at radius 3 is 2.89 bits per heavy atom. The molecule has 0 spiro atoms. The molecule has 1 heterocycles. The van der Waals surface area contributed by atoms with E-state index >= 15 is 0 Å². The highest BCUT2D eigenvalue weighted by Gasteiger charge is 2.00. The van der Waals surface area contributed by atoms with Crippen LogP contribution in [-0.4, -0.2) is 16.5 Å². The Labute approximate surface area is 106 Å². The Morgan fingerprint density at radius 1 is 1.28 bits per heavy atom. The summed E-state index contributed by atoms with van der Waals surface area (Å²) in [5.74, 6) is -0.177. The standard InChI is InChI=1S/C14H16FN3/c1-11-8-13(15)3-2-12(11)4-5-16-9-14-10-17-6-7-18-14/h2-3,6-8,10,16H,4-5,9H2,1H3. The Balaban J connectivity index is 1.79. The van der Waals surface area contributed by atoms with Crippen molar-refractivity contribution in [3.05, 3.63) is 59.4 Å². The normalized spacial score (nSPS) is 10.6. The summed E-state index contributed by atoms with van der Waals surface area (Å²) in [6, 6.07) is 4.91. The van der Waals surface area contributed by atoms with Gasteiger partial charge in [0, 0.05) is 25.1 Å². The number of nitrogens with one attached hydrogen (secondary N) is 1. The molecule has 0 radical (unpaired) electrons. The minimum atomic E-state index is -0.177. The van der Waals surface area contributed by atoms with E-state index in [1.54, 1.807) is 24.7 Å². The molecule has 0 aliphatic heterocycles. The Bertz CT molecular complexity index is 500. The summed E-state index contributed by atoms with van der Waals surface area (Å²) in [5, 5.41) is 3.30. The van der Waals surface area contributed by atoms with Crippen molar-refractivity contribution < 1.29 is 4.39 Å². The lowest BCUT2D eigenvalue weighted by molar-refractivity contribution is 0.624. The minimum absolute atomic E-state index is 0.177. The van der Waals surface area contributed by atoms with Gasteiger partial charge in [0.1, 0.15) is 5.82 Å². The first-order valence-corrected chi connectivity index (χ1v) is 5.96. The molecular weight excluding hydrogens is 229 g/mol. The van der Waals surface area contributed by atoms with Gasteiger partial charge >= 0.3 is 0 Å². The molecule has 0 saturated heterocycles. The summed E-state index contributed by atoms with van der Waals surface area (Å²) in [6.45, 7) is 3.47. The molecule has 1 N–H and O–H groups in total. The fraction of sp³-hybridized carbons (Fsp3) is 0.286. The van der Waals surface area contributed by atoms with Gasteiger partial charge < -0.3 is 5.32 Å². The van der Waals surface area contributed by atoms with Gasteiger partial charge in [-0.15, -0.1) is 0 Å². The van der Waals surface area contributed by atoms with E-state index < -0.39 is 0 Å². The summed E-state index contributed by atoms with van der Waals surface area (Å²) in [6.07, 6.45) is 5.97. The van der Waals surface area contributed by atoms with E-state index in [-0.39, 0.29) is 5.82 Å². The van der Waals surface area contributed by atoms with Gasteiger partial charge in [0.05, 0.1) is 5.69 Å². The molecule has 0 bridgehead atoms. The van der Waals surface area contributed by atoms with Crippen molar-refractivity contribution in [1.82, 2.24) is 15.3 Å². The fourth-order valence-electron chi connectivity index (χ4n) is 1.80. The Kier molecular flexibility index (Phi) is 4.36. The largest absolute Gasteiger partial charge is 0.311 e. The molecule has 18 heavy (non-hydrogen) atoms. The molecule has 0 unspecified atom stereocenters. The highest BCUT2D eigenvalue weighted by Crippen LogP contribution is 2.10. The predicted octanol–water partition coefficient (Wildman–Crippen LogP) is 2.26. The second kappa shape index (κ2) is 6.21. The van der Waals surface area contributed by atoms with Crippen LogP contribution in [0.1, 0.15) is 16.8 Å². The zero-order valence-electron chi connectivity index (χ0n) is 10.4. The number of aromatic nitrogens is 2. The number of rotatable bonds is 5. The second-order valence-corrected chi connectivity index (χ2v) is 4.19. The van der Waals surface area contributed by atoms with Crippen molar-refractivity contribution in [1.29, 1.82) is 0 Å². The molecule has 0 fully saturated rings. The van der Waals surface area contributed by atoms with E-state index in [1.807, 2.05) is 13.0 Å². The average Bonchev–Trinajstić information content (AvgIpc) is 2.38. The van der Waals surface area contributed by atoms with Crippen LogP contribution in [0, 0.1) is 12.7 Å². The molecule has 0 aliphatic carbocycles. The molecule has 0 saturated carbocycles. The summed E-state index contributed by atoms with van der Waals surface area (Å²) < 4.78 is 12.9. The lowest BCUT2D eigenvalue weighted by atomic mass is 10.1. The number of halogens is 1. The quantitative estimate of drug-likeness (QED) is 0.821. The molecular formula is C14H16FN3. The lowest BCUT2D eigenvalue weighted by Gasteiger charge is -2.07. The third-order valence-corrected chi connectivity index (χ3v) is 2.80. The van der Waals surface area contributed by atoms with Crippen LogP contribution >= 0.6 is 0 Å². The molecule has 2 rings (SSSR count). The van der Waals surface area contributed by atoms with Crippen LogP contribution in [0.4, 0.5) is 4.39 Å². The van der Waals surface area contributed by atoms with Crippen molar-refractivity contribution in [2.24, 2.45) is 0 Å². The predicted molar refractivity (Wildman–Crippen MR) is 68.6 cm³/mol. The molecule has 3 nitrogen and oxygen atoms in total. The molecule has 0 amide bonds. The van der Waals surface area contributed by atoms with Crippen LogP contribution in [0.25, 0.3) is 0 Å². The zero-order chi connectivity index (χ0) is 12.8. The van der Waals surface area contributed by atoms with E-state index in [0.717, 1.165) is 24.2 Å². The van der Waals surface area contributed by atoms with Crippen molar-refractivity contribution >= 4 is 0 Å². The third kappa shape index (κ3) is 3.60. The third-order valence-electron chi connectivity index (χ3n) is 2.80. The number of nitrogens with zero attached hydrogens (tertiary/aromatic N) is 2. The van der Waals surface area contributed by atoms with E-state index in [0.29, 0.717) is 6.54 Å². The average molecular weight is 245 g/mol. The molecule has 0 atom stereocenters. The molecule has 0 aliphatic rings.